The minimum atomic E-state index is -4.98. The van der Waals surface area contributed by atoms with Crippen LogP contribution in [0.5, 0.6) is 0 Å². The van der Waals surface area contributed by atoms with Crippen LogP contribution in [0.15, 0.2) is 16.8 Å². The highest BCUT2D eigenvalue weighted by atomic mass is 19.4. The predicted octanol–water partition coefficient (Wildman–Crippen LogP) is 2.62. The van der Waals surface area contributed by atoms with Gasteiger partial charge in [-0.1, -0.05) is 0 Å². The second-order valence-corrected chi connectivity index (χ2v) is 3.51. The lowest BCUT2D eigenvalue weighted by Gasteiger charge is -2.33. The first-order valence-electron chi connectivity index (χ1n) is 4.59. The zero-order valence-electron chi connectivity index (χ0n) is 8.97. The standard InChI is InChI=1S/C9H7F6N3/c1-18-5(2-3-16)4-6(8(10,11)12)17-7(18)9(13,14)15/h4,7H,2H2,1H3. The second kappa shape index (κ2) is 4.51. The molecular formula is C9H7F6N3. The fourth-order valence-corrected chi connectivity index (χ4v) is 1.38. The van der Waals surface area contributed by atoms with Crippen LogP contribution in [-0.4, -0.2) is 36.2 Å². The highest BCUT2D eigenvalue weighted by molar-refractivity contribution is 6.00. The van der Waals surface area contributed by atoms with Crippen molar-refractivity contribution in [2.75, 3.05) is 7.05 Å². The van der Waals surface area contributed by atoms with Crippen molar-refractivity contribution in [3.8, 4) is 6.07 Å². The van der Waals surface area contributed by atoms with E-state index < -0.39 is 30.7 Å². The summed E-state index contributed by atoms with van der Waals surface area (Å²) in [5, 5.41) is 8.39. The van der Waals surface area contributed by atoms with E-state index in [2.05, 4.69) is 4.99 Å². The molecule has 0 amide bonds. The lowest BCUT2D eigenvalue weighted by Crippen LogP contribution is -2.46. The Kier molecular flexibility index (Phi) is 3.59. The fourth-order valence-electron chi connectivity index (χ4n) is 1.38. The summed E-state index contributed by atoms with van der Waals surface area (Å²) in [5.41, 5.74) is -2.00. The van der Waals surface area contributed by atoms with Crippen LogP contribution in [-0.2, 0) is 0 Å². The summed E-state index contributed by atoms with van der Waals surface area (Å²) >= 11 is 0. The normalized spacial score (nSPS) is 21.2. The number of hydrogen-bond acceptors (Lipinski definition) is 3. The number of nitriles is 1. The molecule has 100 valence electrons. The molecule has 0 N–H and O–H groups in total. The van der Waals surface area contributed by atoms with Crippen LogP contribution >= 0.6 is 0 Å². The second-order valence-electron chi connectivity index (χ2n) is 3.51. The number of nitrogens with zero attached hydrogens (tertiary/aromatic N) is 3. The van der Waals surface area contributed by atoms with Crippen molar-refractivity contribution in [2.24, 2.45) is 4.99 Å². The molecule has 3 nitrogen and oxygen atoms in total. The van der Waals surface area contributed by atoms with Crippen LogP contribution in [0.3, 0.4) is 0 Å². The first kappa shape index (κ1) is 14.3. The van der Waals surface area contributed by atoms with Gasteiger partial charge in [-0.25, -0.2) is 4.99 Å². The number of aliphatic imine (C=N–C) groups is 1. The van der Waals surface area contributed by atoms with Gasteiger partial charge in [0, 0.05) is 12.7 Å². The molecule has 18 heavy (non-hydrogen) atoms. The number of rotatable bonds is 1. The Bertz CT molecular complexity index is 425. The molecule has 0 fully saturated rings. The van der Waals surface area contributed by atoms with Gasteiger partial charge in [0.15, 0.2) is 0 Å². The molecule has 0 aromatic rings. The van der Waals surface area contributed by atoms with Crippen LogP contribution in [0.1, 0.15) is 6.42 Å². The molecule has 1 heterocycles. The first-order valence-corrected chi connectivity index (χ1v) is 4.59. The van der Waals surface area contributed by atoms with Crippen molar-refractivity contribution in [1.29, 1.82) is 5.26 Å². The molecule has 0 saturated heterocycles. The summed E-state index contributed by atoms with van der Waals surface area (Å²) in [5.74, 6) is 0. The van der Waals surface area contributed by atoms with E-state index in [-0.39, 0.29) is 5.70 Å². The van der Waals surface area contributed by atoms with Gasteiger partial charge in [-0.05, 0) is 6.08 Å². The molecule has 0 aliphatic carbocycles. The fraction of sp³-hybridized carbons (Fsp3) is 0.556. The van der Waals surface area contributed by atoms with Crippen molar-refractivity contribution in [3.05, 3.63) is 11.8 Å². The Morgan fingerprint density at radius 2 is 1.89 bits per heavy atom. The van der Waals surface area contributed by atoms with E-state index in [0.29, 0.717) is 11.0 Å². The Morgan fingerprint density at radius 3 is 2.28 bits per heavy atom. The van der Waals surface area contributed by atoms with E-state index in [0.717, 1.165) is 7.05 Å². The van der Waals surface area contributed by atoms with Crippen LogP contribution in [0, 0.1) is 11.3 Å². The van der Waals surface area contributed by atoms with Crippen LogP contribution < -0.4 is 0 Å². The maximum atomic E-state index is 12.5. The molecule has 1 rings (SSSR count). The lowest BCUT2D eigenvalue weighted by atomic mass is 10.1. The van der Waals surface area contributed by atoms with E-state index >= 15 is 0 Å². The topological polar surface area (TPSA) is 39.4 Å². The number of halogens is 6. The molecule has 0 aromatic heterocycles. The molecule has 0 aromatic carbocycles. The molecule has 1 unspecified atom stereocenters. The summed E-state index contributed by atoms with van der Waals surface area (Å²) in [6.07, 6.45) is -12.7. The lowest BCUT2D eigenvalue weighted by molar-refractivity contribution is -0.174. The van der Waals surface area contributed by atoms with E-state index in [1.54, 1.807) is 0 Å². The third-order valence-electron chi connectivity index (χ3n) is 2.23. The van der Waals surface area contributed by atoms with Gasteiger partial charge in [0.05, 0.1) is 12.5 Å². The maximum Gasteiger partial charge on any atom is 0.433 e. The molecule has 0 bridgehead atoms. The molecule has 1 atom stereocenters. The third kappa shape index (κ3) is 2.94. The molecular weight excluding hydrogens is 264 g/mol. The summed E-state index contributed by atoms with van der Waals surface area (Å²) in [6.45, 7) is 0. The van der Waals surface area contributed by atoms with Gasteiger partial charge in [0.2, 0.25) is 6.17 Å². The summed E-state index contributed by atoms with van der Waals surface area (Å²) in [6, 6.07) is 1.51. The molecule has 9 heteroatoms. The quantitative estimate of drug-likeness (QED) is 0.688. The largest absolute Gasteiger partial charge is 0.433 e. The minimum Gasteiger partial charge on any atom is -0.348 e. The molecule has 1 aliphatic rings. The molecule has 0 saturated carbocycles. The van der Waals surface area contributed by atoms with Gasteiger partial charge in [0.1, 0.15) is 5.71 Å². The number of alkyl halides is 6. The number of hydrogen-bond donors (Lipinski definition) is 0. The predicted molar refractivity (Wildman–Crippen MR) is 49.4 cm³/mol. The molecule has 0 spiro atoms. The van der Waals surface area contributed by atoms with Gasteiger partial charge < -0.3 is 4.90 Å². The summed E-state index contributed by atoms with van der Waals surface area (Å²) < 4.78 is 74.8. The Balaban J connectivity index is 3.23. The van der Waals surface area contributed by atoms with E-state index in [4.69, 9.17) is 5.26 Å². The van der Waals surface area contributed by atoms with E-state index in [1.807, 2.05) is 0 Å². The summed E-state index contributed by atoms with van der Waals surface area (Å²) in [7, 11) is 0.942. The van der Waals surface area contributed by atoms with Gasteiger partial charge in [-0.15, -0.1) is 0 Å². The van der Waals surface area contributed by atoms with Crippen molar-refractivity contribution < 1.29 is 26.3 Å². The minimum absolute atomic E-state index is 0.373. The third-order valence-corrected chi connectivity index (χ3v) is 2.23. The zero-order valence-corrected chi connectivity index (χ0v) is 8.97. The average molecular weight is 271 g/mol. The monoisotopic (exact) mass is 271 g/mol. The van der Waals surface area contributed by atoms with Gasteiger partial charge >= 0.3 is 12.4 Å². The highest BCUT2D eigenvalue weighted by Gasteiger charge is 2.48. The number of allylic oxidation sites excluding steroid dienone is 2. The van der Waals surface area contributed by atoms with Crippen LogP contribution in [0.25, 0.3) is 0 Å². The Hall–Kier alpha value is -1.72. The first-order chi connectivity index (χ1) is 8.07. The van der Waals surface area contributed by atoms with Crippen molar-refractivity contribution in [2.45, 2.75) is 24.9 Å². The van der Waals surface area contributed by atoms with Gasteiger partial charge in [0.25, 0.3) is 0 Å². The van der Waals surface area contributed by atoms with E-state index in [9.17, 15) is 26.3 Å². The summed E-state index contributed by atoms with van der Waals surface area (Å²) in [4.78, 5) is 3.16. The SMILES string of the molecule is CN1C(CC#N)=CC(C(F)(F)F)=NC1C(F)(F)F. The Morgan fingerprint density at radius 1 is 1.33 bits per heavy atom. The van der Waals surface area contributed by atoms with Crippen molar-refractivity contribution in [1.82, 2.24) is 4.90 Å². The van der Waals surface area contributed by atoms with Crippen molar-refractivity contribution >= 4 is 5.71 Å². The molecule has 0 radical (unpaired) electrons. The maximum absolute atomic E-state index is 12.5. The van der Waals surface area contributed by atoms with Gasteiger partial charge in [-0.3, -0.25) is 0 Å². The van der Waals surface area contributed by atoms with Crippen LogP contribution in [0.4, 0.5) is 26.3 Å². The smallest absolute Gasteiger partial charge is 0.348 e. The molecule has 1 aliphatic heterocycles. The Labute approximate surface area is 98.0 Å². The van der Waals surface area contributed by atoms with Crippen molar-refractivity contribution in [3.63, 3.8) is 0 Å². The van der Waals surface area contributed by atoms with E-state index in [1.165, 1.54) is 6.07 Å². The average Bonchev–Trinajstić information content (AvgIpc) is 2.17. The van der Waals surface area contributed by atoms with Crippen LogP contribution in [0.2, 0.25) is 0 Å². The van der Waals surface area contributed by atoms with Gasteiger partial charge in [-0.2, -0.15) is 31.6 Å². The highest BCUT2D eigenvalue weighted by Crippen LogP contribution is 2.33. The zero-order chi connectivity index (χ0) is 14.1.